The Morgan fingerprint density at radius 1 is 1.42 bits per heavy atom. The van der Waals surface area contributed by atoms with Gasteiger partial charge in [-0.25, -0.2) is 13.4 Å². The van der Waals surface area contributed by atoms with Crippen molar-refractivity contribution in [2.45, 2.75) is 26.4 Å². The van der Waals surface area contributed by atoms with E-state index in [0.29, 0.717) is 17.8 Å². The summed E-state index contributed by atoms with van der Waals surface area (Å²) < 4.78 is 29.4. The fourth-order valence-electron chi connectivity index (χ4n) is 2.92. The molecule has 24 heavy (non-hydrogen) atoms. The van der Waals surface area contributed by atoms with Gasteiger partial charge in [0, 0.05) is 18.2 Å². The zero-order valence-electron chi connectivity index (χ0n) is 13.3. The number of hydrogen-bond acceptors (Lipinski definition) is 6. The van der Waals surface area contributed by atoms with Crippen LogP contribution in [-0.2, 0) is 26.0 Å². The van der Waals surface area contributed by atoms with Crippen molar-refractivity contribution in [3.8, 4) is 0 Å². The van der Waals surface area contributed by atoms with Gasteiger partial charge in [0.2, 0.25) is 0 Å². The Morgan fingerprint density at radius 2 is 2.21 bits per heavy atom. The Kier molecular flexibility index (Phi) is 4.40. The number of esters is 1. The molecular weight excluding hydrogens is 332 g/mol. The fourth-order valence-corrected chi connectivity index (χ4v) is 4.78. The van der Waals surface area contributed by atoms with E-state index in [1.807, 2.05) is 13.0 Å². The fraction of sp³-hybridized carbons (Fsp3) is 0.438. The number of aryl methyl sites for hydroxylation is 1. The Bertz CT molecular complexity index is 949. The van der Waals surface area contributed by atoms with E-state index in [4.69, 9.17) is 4.74 Å². The van der Waals surface area contributed by atoms with Crippen molar-refractivity contribution < 1.29 is 17.9 Å². The van der Waals surface area contributed by atoms with Gasteiger partial charge in [-0.15, -0.1) is 0 Å². The van der Waals surface area contributed by atoms with E-state index in [-0.39, 0.29) is 36.0 Å². The van der Waals surface area contributed by atoms with Crippen LogP contribution in [0, 0.1) is 12.8 Å². The molecule has 2 aromatic heterocycles. The number of rotatable bonds is 4. The summed E-state index contributed by atoms with van der Waals surface area (Å²) in [5, 5.41) is 0. The molecule has 0 amide bonds. The normalized spacial score (nSPS) is 19.5. The number of nitrogens with zero attached hydrogens (tertiary/aromatic N) is 2. The van der Waals surface area contributed by atoms with Gasteiger partial charge in [-0.3, -0.25) is 14.0 Å². The summed E-state index contributed by atoms with van der Waals surface area (Å²) in [4.78, 5) is 28.3. The van der Waals surface area contributed by atoms with Crippen LogP contribution < -0.4 is 5.56 Å². The summed E-state index contributed by atoms with van der Waals surface area (Å²) in [6.45, 7) is 1.71. The van der Waals surface area contributed by atoms with Gasteiger partial charge in [-0.05, 0) is 31.4 Å². The highest BCUT2D eigenvalue weighted by molar-refractivity contribution is 7.91. The van der Waals surface area contributed by atoms with E-state index < -0.39 is 15.8 Å². The van der Waals surface area contributed by atoms with Gasteiger partial charge >= 0.3 is 5.97 Å². The molecule has 1 aliphatic heterocycles. The highest BCUT2D eigenvalue weighted by Crippen LogP contribution is 2.22. The number of hydrogen-bond donors (Lipinski definition) is 0. The van der Waals surface area contributed by atoms with Gasteiger partial charge in [0.15, 0.2) is 9.84 Å². The average Bonchev–Trinajstić information content (AvgIpc) is 2.84. The standard InChI is InChI=1S/C16H18N2O5S/c1-11-3-2-4-14-17-13(8-15(19)18(11)14)9-23-16(20)7-12-5-6-24(21,22)10-12/h2-4,8,12H,5-7,9-10H2,1H3/t12-/m1/s1. The number of pyridine rings is 1. The molecule has 1 aliphatic rings. The van der Waals surface area contributed by atoms with Gasteiger partial charge in [0.25, 0.3) is 5.56 Å². The lowest BCUT2D eigenvalue weighted by Crippen LogP contribution is -2.19. The van der Waals surface area contributed by atoms with E-state index >= 15 is 0 Å². The van der Waals surface area contributed by atoms with Gasteiger partial charge in [0.1, 0.15) is 12.3 Å². The Labute approximate surface area is 139 Å². The lowest BCUT2D eigenvalue weighted by Gasteiger charge is -2.09. The molecule has 3 heterocycles. The molecule has 0 aromatic carbocycles. The molecule has 1 atom stereocenters. The second kappa shape index (κ2) is 6.35. The van der Waals surface area contributed by atoms with Gasteiger partial charge in [-0.1, -0.05) is 6.07 Å². The maximum Gasteiger partial charge on any atom is 0.306 e. The molecule has 2 aromatic rings. The van der Waals surface area contributed by atoms with E-state index in [0.717, 1.165) is 5.69 Å². The second-order valence-corrected chi connectivity index (χ2v) is 8.31. The van der Waals surface area contributed by atoms with E-state index in [1.165, 1.54) is 10.5 Å². The minimum absolute atomic E-state index is 0.0386. The molecule has 0 bridgehead atoms. The highest BCUT2D eigenvalue weighted by atomic mass is 32.2. The van der Waals surface area contributed by atoms with Crippen LogP contribution in [0.2, 0.25) is 0 Å². The Hall–Kier alpha value is -2.22. The number of aromatic nitrogens is 2. The van der Waals surface area contributed by atoms with Crippen molar-refractivity contribution in [2.24, 2.45) is 5.92 Å². The zero-order chi connectivity index (χ0) is 17.3. The lowest BCUT2D eigenvalue weighted by atomic mass is 10.1. The first-order valence-corrected chi connectivity index (χ1v) is 9.50. The van der Waals surface area contributed by atoms with Crippen LogP contribution in [0.4, 0.5) is 0 Å². The average molecular weight is 350 g/mol. The SMILES string of the molecule is Cc1cccc2nc(COC(=O)C[C@H]3CCS(=O)(=O)C3)cc(=O)n12. The van der Waals surface area contributed by atoms with E-state index in [1.54, 1.807) is 12.1 Å². The van der Waals surface area contributed by atoms with Crippen molar-refractivity contribution in [1.82, 2.24) is 9.38 Å². The van der Waals surface area contributed by atoms with Crippen molar-refractivity contribution in [3.05, 3.63) is 46.0 Å². The lowest BCUT2D eigenvalue weighted by molar-refractivity contribution is -0.146. The first kappa shape index (κ1) is 16.6. The quantitative estimate of drug-likeness (QED) is 0.760. The molecule has 1 saturated heterocycles. The number of sulfone groups is 1. The molecule has 0 radical (unpaired) electrons. The molecule has 8 heteroatoms. The molecule has 1 fully saturated rings. The largest absolute Gasteiger partial charge is 0.459 e. The van der Waals surface area contributed by atoms with Gasteiger partial charge in [0.05, 0.1) is 17.2 Å². The number of fused-ring (bicyclic) bond motifs is 1. The third-order valence-corrected chi connectivity index (χ3v) is 5.93. The van der Waals surface area contributed by atoms with E-state index in [2.05, 4.69) is 4.98 Å². The maximum absolute atomic E-state index is 12.1. The Morgan fingerprint density at radius 3 is 2.92 bits per heavy atom. The van der Waals surface area contributed by atoms with Crippen LogP contribution in [0.25, 0.3) is 5.65 Å². The Balaban J connectivity index is 1.66. The van der Waals surface area contributed by atoms with E-state index in [9.17, 15) is 18.0 Å². The van der Waals surface area contributed by atoms with Crippen LogP contribution in [0.1, 0.15) is 24.2 Å². The molecular formula is C16H18N2O5S. The zero-order valence-corrected chi connectivity index (χ0v) is 14.1. The summed E-state index contributed by atoms with van der Waals surface area (Å²) in [7, 11) is -3.01. The number of carbonyl (C=O) groups excluding carboxylic acids is 1. The van der Waals surface area contributed by atoms with Crippen LogP contribution in [0.15, 0.2) is 29.1 Å². The first-order valence-electron chi connectivity index (χ1n) is 7.68. The summed E-state index contributed by atoms with van der Waals surface area (Å²) in [6, 6.07) is 6.66. The smallest absolute Gasteiger partial charge is 0.306 e. The monoisotopic (exact) mass is 350 g/mol. The predicted molar refractivity (Wildman–Crippen MR) is 87.4 cm³/mol. The van der Waals surface area contributed by atoms with Crippen molar-refractivity contribution in [2.75, 3.05) is 11.5 Å². The topological polar surface area (TPSA) is 94.8 Å². The highest BCUT2D eigenvalue weighted by Gasteiger charge is 2.29. The van der Waals surface area contributed by atoms with Crippen LogP contribution in [0.5, 0.6) is 0 Å². The molecule has 7 nitrogen and oxygen atoms in total. The van der Waals surface area contributed by atoms with Gasteiger partial charge < -0.3 is 4.74 Å². The number of carbonyl (C=O) groups is 1. The van der Waals surface area contributed by atoms with Crippen LogP contribution >= 0.6 is 0 Å². The molecule has 0 unspecified atom stereocenters. The number of ether oxygens (including phenoxy) is 1. The molecule has 0 saturated carbocycles. The summed E-state index contributed by atoms with van der Waals surface area (Å²) in [6.07, 6.45) is 0.567. The summed E-state index contributed by atoms with van der Waals surface area (Å²) in [5.74, 6) is -0.478. The summed E-state index contributed by atoms with van der Waals surface area (Å²) >= 11 is 0. The minimum atomic E-state index is -3.01. The molecule has 0 aliphatic carbocycles. The third-order valence-electron chi connectivity index (χ3n) is 4.10. The maximum atomic E-state index is 12.1. The molecule has 128 valence electrons. The second-order valence-electron chi connectivity index (χ2n) is 6.08. The van der Waals surface area contributed by atoms with Crippen molar-refractivity contribution in [1.29, 1.82) is 0 Å². The molecule has 0 spiro atoms. The van der Waals surface area contributed by atoms with Crippen LogP contribution in [-0.4, -0.2) is 35.3 Å². The molecule has 3 rings (SSSR count). The third kappa shape index (κ3) is 3.64. The molecule has 0 N–H and O–H groups in total. The van der Waals surface area contributed by atoms with Crippen molar-refractivity contribution >= 4 is 21.5 Å². The summed E-state index contributed by atoms with van der Waals surface area (Å²) in [5.41, 5.74) is 1.41. The first-order chi connectivity index (χ1) is 11.3. The van der Waals surface area contributed by atoms with Crippen LogP contribution in [0.3, 0.4) is 0 Å². The minimum Gasteiger partial charge on any atom is -0.459 e. The van der Waals surface area contributed by atoms with Crippen molar-refractivity contribution in [3.63, 3.8) is 0 Å². The predicted octanol–water partition coefficient (Wildman–Crippen LogP) is 0.871. The van der Waals surface area contributed by atoms with Gasteiger partial charge in [-0.2, -0.15) is 0 Å².